The fourth-order valence-corrected chi connectivity index (χ4v) is 6.17. The van der Waals surface area contributed by atoms with Crippen LogP contribution in [0.2, 0.25) is 0 Å². The Morgan fingerprint density at radius 1 is 0.976 bits per heavy atom. The first-order valence-corrected chi connectivity index (χ1v) is 14.5. The maximum atomic E-state index is 14.8. The Kier molecular flexibility index (Phi) is 7.22. The number of fused-ring (bicyclic) bond motifs is 2. The molecule has 1 aliphatic rings. The average molecular weight is 611 g/mol. The molecule has 0 saturated heterocycles. The SMILES string of the molecule is CC(C)CC(C(=O)Nc1ccc(Br)cc1F)N1C(=O)c2ccccc2C1c1c(-c2ccccc2)[nH]c2ccccc12. The van der Waals surface area contributed by atoms with Crippen LogP contribution in [-0.4, -0.2) is 27.7 Å². The lowest BCUT2D eigenvalue weighted by molar-refractivity contribution is -0.121. The van der Waals surface area contributed by atoms with Crippen LogP contribution in [0.15, 0.2) is 102 Å². The third-order valence-corrected chi connectivity index (χ3v) is 8.10. The number of halogens is 2. The Morgan fingerprint density at radius 2 is 1.68 bits per heavy atom. The molecule has 1 aliphatic heterocycles. The highest BCUT2D eigenvalue weighted by Gasteiger charge is 2.45. The molecule has 0 radical (unpaired) electrons. The first-order chi connectivity index (χ1) is 19.8. The standard InChI is InChI=1S/C34H29BrFN3O2/c1-20(2)18-29(33(40)38-28-17-16-22(35)19-26(28)36)39-32(23-12-6-7-13-24(23)34(39)41)30-25-14-8-9-15-27(25)37-31(30)21-10-4-3-5-11-21/h3-17,19-20,29,32,37H,18H2,1-2H3,(H,38,40). The second-order valence-electron chi connectivity index (χ2n) is 10.8. The molecule has 2 heterocycles. The Labute approximate surface area is 246 Å². The molecule has 5 aromatic rings. The van der Waals surface area contributed by atoms with Crippen molar-refractivity contribution in [1.82, 2.24) is 9.88 Å². The molecule has 0 aliphatic carbocycles. The summed E-state index contributed by atoms with van der Waals surface area (Å²) in [5.41, 5.74) is 5.24. The number of nitrogens with one attached hydrogen (secondary N) is 2. The van der Waals surface area contributed by atoms with Crippen molar-refractivity contribution in [3.63, 3.8) is 0 Å². The van der Waals surface area contributed by atoms with Crippen LogP contribution in [0, 0.1) is 11.7 Å². The molecule has 4 aromatic carbocycles. The summed E-state index contributed by atoms with van der Waals surface area (Å²) in [4.78, 5) is 33.5. The smallest absolute Gasteiger partial charge is 0.255 e. The summed E-state index contributed by atoms with van der Waals surface area (Å²) < 4.78 is 15.4. The van der Waals surface area contributed by atoms with Gasteiger partial charge in [0, 0.05) is 26.5 Å². The van der Waals surface area contributed by atoms with E-state index in [1.165, 1.54) is 12.1 Å². The minimum Gasteiger partial charge on any atom is -0.354 e. The number of hydrogen-bond donors (Lipinski definition) is 2. The maximum Gasteiger partial charge on any atom is 0.255 e. The molecule has 1 aromatic heterocycles. The van der Waals surface area contributed by atoms with E-state index in [-0.39, 0.29) is 17.5 Å². The summed E-state index contributed by atoms with van der Waals surface area (Å²) in [5, 5.41) is 3.76. The zero-order valence-corrected chi connectivity index (χ0v) is 24.3. The Morgan fingerprint density at radius 3 is 2.44 bits per heavy atom. The van der Waals surface area contributed by atoms with Crippen molar-refractivity contribution in [2.45, 2.75) is 32.4 Å². The molecule has 7 heteroatoms. The molecule has 0 spiro atoms. The average Bonchev–Trinajstić information content (AvgIpc) is 3.48. The van der Waals surface area contributed by atoms with Crippen molar-refractivity contribution >= 4 is 44.3 Å². The van der Waals surface area contributed by atoms with E-state index < -0.39 is 23.8 Å². The van der Waals surface area contributed by atoms with E-state index in [0.29, 0.717) is 16.5 Å². The number of aromatic amines is 1. The van der Waals surface area contributed by atoms with Gasteiger partial charge in [0.2, 0.25) is 5.91 Å². The molecular weight excluding hydrogens is 581 g/mol. The summed E-state index contributed by atoms with van der Waals surface area (Å²) >= 11 is 3.27. The number of amides is 2. The summed E-state index contributed by atoms with van der Waals surface area (Å²) in [6.45, 7) is 4.04. The maximum absolute atomic E-state index is 14.8. The predicted octanol–water partition coefficient (Wildman–Crippen LogP) is 8.34. The Hall–Kier alpha value is -4.23. The largest absolute Gasteiger partial charge is 0.354 e. The number of carbonyl (C=O) groups is 2. The van der Waals surface area contributed by atoms with Gasteiger partial charge in [0.1, 0.15) is 11.9 Å². The minimum absolute atomic E-state index is 0.0738. The lowest BCUT2D eigenvalue weighted by Gasteiger charge is -2.34. The first-order valence-electron chi connectivity index (χ1n) is 13.7. The summed E-state index contributed by atoms with van der Waals surface area (Å²) in [6.07, 6.45) is 0.406. The second-order valence-corrected chi connectivity index (χ2v) is 11.7. The number of rotatable bonds is 7. The molecule has 0 fully saturated rings. The van der Waals surface area contributed by atoms with Gasteiger partial charge in [-0.3, -0.25) is 9.59 Å². The highest BCUT2D eigenvalue weighted by Crippen LogP contribution is 2.47. The molecule has 206 valence electrons. The number of carbonyl (C=O) groups excluding carboxylic acids is 2. The fraction of sp³-hybridized carbons (Fsp3) is 0.176. The fourth-order valence-electron chi connectivity index (χ4n) is 5.83. The highest BCUT2D eigenvalue weighted by molar-refractivity contribution is 9.10. The van der Waals surface area contributed by atoms with Crippen LogP contribution in [0.3, 0.4) is 0 Å². The van der Waals surface area contributed by atoms with Gasteiger partial charge in [-0.2, -0.15) is 0 Å². The Balaban J connectivity index is 1.54. The van der Waals surface area contributed by atoms with Gasteiger partial charge < -0.3 is 15.2 Å². The van der Waals surface area contributed by atoms with Gasteiger partial charge in [0.05, 0.1) is 17.4 Å². The van der Waals surface area contributed by atoms with E-state index >= 15 is 0 Å². The number of nitrogens with zero attached hydrogens (tertiary/aromatic N) is 1. The zero-order valence-electron chi connectivity index (χ0n) is 22.7. The molecule has 2 atom stereocenters. The van der Waals surface area contributed by atoms with E-state index in [9.17, 15) is 14.0 Å². The molecule has 5 nitrogen and oxygen atoms in total. The third kappa shape index (κ3) is 4.95. The monoisotopic (exact) mass is 609 g/mol. The van der Waals surface area contributed by atoms with Crippen molar-refractivity contribution in [2.24, 2.45) is 5.92 Å². The van der Waals surface area contributed by atoms with Crippen LogP contribution in [0.1, 0.15) is 47.8 Å². The molecular formula is C34H29BrFN3O2. The summed E-state index contributed by atoms with van der Waals surface area (Å²) in [6, 6.07) is 28.7. The van der Waals surface area contributed by atoms with Gasteiger partial charge in [-0.25, -0.2) is 4.39 Å². The molecule has 2 N–H and O–H groups in total. The third-order valence-electron chi connectivity index (χ3n) is 7.60. The van der Waals surface area contributed by atoms with E-state index in [1.54, 1.807) is 11.0 Å². The molecule has 6 rings (SSSR count). The molecule has 0 saturated carbocycles. The van der Waals surface area contributed by atoms with Crippen molar-refractivity contribution in [1.29, 1.82) is 0 Å². The second kappa shape index (κ2) is 11.0. The van der Waals surface area contributed by atoms with Gasteiger partial charge in [-0.05, 0) is 53.8 Å². The topological polar surface area (TPSA) is 65.2 Å². The molecule has 2 unspecified atom stereocenters. The number of hydrogen-bond acceptors (Lipinski definition) is 2. The van der Waals surface area contributed by atoms with Crippen LogP contribution in [0.25, 0.3) is 22.2 Å². The van der Waals surface area contributed by atoms with Crippen LogP contribution in [0.5, 0.6) is 0 Å². The normalized spacial score (nSPS) is 15.4. The molecule has 0 bridgehead atoms. The zero-order chi connectivity index (χ0) is 28.7. The van der Waals surface area contributed by atoms with E-state index in [2.05, 4.69) is 26.2 Å². The van der Waals surface area contributed by atoms with E-state index in [0.717, 1.165) is 33.3 Å². The Bertz CT molecular complexity index is 1760. The van der Waals surface area contributed by atoms with Gasteiger partial charge in [0.15, 0.2) is 0 Å². The number of anilines is 1. The van der Waals surface area contributed by atoms with Crippen LogP contribution < -0.4 is 5.32 Å². The van der Waals surface area contributed by atoms with Crippen molar-refractivity contribution in [3.8, 4) is 11.3 Å². The number of para-hydroxylation sites is 1. The lowest BCUT2D eigenvalue weighted by atomic mass is 9.91. The van der Waals surface area contributed by atoms with Crippen molar-refractivity contribution in [2.75, 3.05) is 5.32 Å². The number of H-pyrrole nitrogens is 1. The quantitative estimate of drug-likeness (QED) is 0.195. The molecule has 2 amide bonds. The first kappa shape index (κ1) is 27.0. The lowest BCUT2D eigenvalue weighted by Crippen LogP contribution is -2.47. The van der Waals surface area contributed by atoms with Crippen molar-refractivity contribution in [3.05, 3.63) is 124 Å². The van der Waals surface area contributed by atoms with Crippen LogP contribution >= 0.6 is 15.9 Å². The predicted molar refractivity (Wildman–Crippen MR) is 164 cm³/mol. The van der Waals surface area contributed by atoms with E-state index in [4.69, 9.17) is 0 Å². The van der Waals surface area contributed by atoms with Crippen molar-refractivity contribution < 1.29 is 14.0 Å². The highest BCUT2D eigenvalue weighted by atomic mass is 79.9. The van der Waals surface area contributed by atoms with Crippen LogP contribution in [-0.2, 0) is 4.79 Å². The summed E-state index contributed by atoms with van der Waals surface area (Å²) in [5.74, 6) is -1.10. The van der Waals surface area contributed by atoms with Gasteiger partial charge >= 0.3 is 0 Å². The van der Waals surface area contributed by atoms with Crippen LogP contribution in [0.4, 0.5) is 10.1 Å². The van der Waals surface area contributed by atoms with Gasteiger partial charge in [-0.1, -0.05) is 96.5 Å². The van der Waals surface area contributed by atoms with Gasteiger partial charge in [0.25, 0.3) is 5.91 Å². The number of benzene rings is 4. The van der Waals surface area contributed by atoms with E-state index in [1.807, 2.05) is 92.7 Å². The minimum atomic E-state index is -0.847. The summed E-state index contributed by atoms with van der Waals surface area (Å²) in [7, 11) is 0. The number of aromatic nitrogens is 1. The molecule has 41 heavy (non-hydrogen) atoms. The van der Waals surface area contributed by atoms with Gasteiger partial charge in [-0.15, -0.1) is 0 Å².